The molecule has 0 aliphatic rings. The molecular weight excluding hydrogens is 262 g/mol. The van der Waals surface area contributed by atoms with E-state index in [0.717, 1.165) is 23.3 Å². The van der Waals surface area contributed by atoms with E-state index in [1.165, 1.54) is 11.9 Å². The Hall–Kier alpha value is -2.10. The van der Waals surface area contributed by atoms with E-state index in [9.17, 15) is 0 Å². The third-order valence-corrected chi connectivity index (χ3v) is 3.44. The lowest BCUT2D eigenvalue weighted by Crippen LogP contribution is -2.13. The Kier molecular flexibility index (Phi) is 4.16. The highest BCUT2D eigenvalue weighted by Crippen LogP contribution is 2.35. The quantitative estimate of drug-likeness (QED) is 0.925. The maximum absolute atomic E-state index is 6.06. The summed E-state index contributed by atoms with van der Waals surface area (Å²) in [6.07, 6.45) is 2.17. The molecule has 1 aromatic carbocycles. The average molecular weight is 285 g/mol. The number of anilines is 1. The molecule has 1 heterocycles. The molecule has 4 heteroatoms. The fraction of sp³-hybridized carbons (Fsp3) is 0.412. The van der Waals surface area contributed by atoms with E-state index in [1.807, 2.05) is 19.1 Å². The molecule has 0 amide bonds. The van der Waals surface area contributed by atoms with Crippen LogP contribution in [0.5, 0.6) is 11.6 Å². The fourth-order valence-corrected chi connectivity index (χ4v) is 2.25. The summed E-state index contributed by atoms with van der Waals surface area (Å²) in [7, 11) is 0. The van der Waals surface area contributed by atoms with Crippen LogP contribution < -0.4 is 10.5 Å². The van der Waals surface area contributed by atoms with Crippen molar-refractivity contribution in [1.29, 1.82) is 0 Å². The summed E-state index contributed by atoms with van der Waals surface area (Å²) in [5, 5.41) is 0. The Balaban J connectivity index is 2.48. The highest BCUT2D eigenvalue weighted by atomic mass is 16.5. The van der Waals surface area contributed by atoms with E-state index in [0.29, 0.717) is 11.7 Å². The molecule has 2 aromatic rings. The zero-order valence-electron chi connectivity index (χ0n) is 13.4. The second-order valence-corrected chi connectivity index (χ2v) is 6.25. The van der Waals surface area contributed by atoms with Crippen LogP contribution >= 0.6 is 0 Å². The predicted molar refractivity (Wildman–Crippen MR) is 85.8 cm³/mol. The van der Waals surface area contributed by atoms with Gasteiger partial charge in [0.25, 0.3) is 0 Å². The highest BCUT2D eigenvalue weighted by molar-refractivity contribution is 5.48. The van der Waals surface area contributed by atoms with Crippen LogP contribution in [0.25, 0.3) is 0 Å². The van der Waals surface area contributed by atoms with E-state index in [4.69, 9.17) is 10.5 Å². The van der Waals surface area contributed by atoms with Crippen LogP contribution in [0.3, 0.4) is 0 Å². The van der Waals surface area contributed by atoms with Gasteiger partial charge in [0.2, 0.25) is 5.88 Å². The molecule has 21 heavy (non-hydrogen) atoms. The average Bonchev–Trinajstić information content (AvgIpc) is 2.40. The first-order valence-electron chi connectivity index (χ1n) is 7.21. The van der Waals surface area contributed by atoms with Crippen molar-refractivity contribution >= 4 is 5.82 Å². The van der Waals surface area contributed by atoms with Gasteiger partial charge in [-0.3, -0.25) is 0 Å². The van der Waals surface area contributed by atoms with Gasteiger partial charge in [-0.05, 0) is 24.8 Å². The minimum atomic E-state index is -0.00763. The van der Waals surface area contributed by atoms with Crippen molar-refractivity contribution in [3.8, 4) is 11.6 Å². The van der Waals surface area contributed by atoms with Gasteiger partial charge in [0.15, 0.2) is 0 Å². The number of nitrogens with two attached hydrogens (primary N) is 1. The van der Waals surface area contributed by atoms with Crippen molar-refractivity contribution < 1.29 is 4.74 Å². The number of aryl methyl sites for hydroxylation is 1. The molecule has 0 spiro atoms. The molecule has 0 aliphatic carbocycles. The van der Waals surface area contributed by atoms with E-state index < -0.39 is 0 Å². The van der Waals surface area contributed by atoms with E-state index in [1.54, 1.807) is 0 Å². The van der Waals surface area contributed by atoms with Gasteiger partial charge in [-0.15, -0.1) is 0 Å². The van der Waals surface area contributed by atoms with E-state index >= 15 is 0 Å². The molecule has 112 valence electrons. The van der Waals surface area contributed by atoms with Gasteiger partial charge in [0.05, 0.1) is 5.56 Å². The normalized spacial score (nSPS) is 11.5. The molecule has 0 saturated carbocycles. The molecule has 2 rings (SSSR count). The molecule has 1 aromatic heterocycles. The second-order valence-electron chi connectivity index (χ2n) is 6.25. The van der Waals surface area contributed by atoms with E-state index in [-0.39, 0.29) is 5.41 Å². The van der Waals surface area contributed by atoms with Gasteiger partial charge in [-0.25, -0.2) is 9.97 Å². The van der Waals surface area contributed by atoms with Gasteiger partial charge in [0, 0.05) is 5.56 Å². The highest BCUT2D eigenvalue weighted by Gasteiger charge is 2.21. The molecule has 0 atom stereocenters. The molecule has 0 fully saturated rings. The SMILES string of the molecule is CCc1c(N)ncnc1Oc1ccc(C)cc1C(C)(C)C. The van der Waals surface area contributed by atoms with Crippen molar-refractivity contribution in [3.05, 3.63) is 41.2 Å². The first kappa shape index (κ1) is 15.3. The molecule has 0 unspecified atom stereocenters. The standard InChI is InChI=1S/C17H23N3O/c1-6-12-15(18)19-10-20-16(12)21-14-8-7-11(2)9-13(14)17(3,4)5/h7-10H,6H2,1-5H3,(H2,18,19,20). The summed E-state index contributed by atoms with van der Waals surface area (Å²) in [5.74, 6) is 1.84. The number of hydrogen-bond acceptors (Lipinski definition) is 4. The van der Waals surface area contributed by atoms with Crippen LogP contribution in [0.15, 0.2) is 24.5 Å². The Labute approximate surface area is 126 Å². The third kappa shape index (κ3) is 3.32. The van der Waals surface area contributed by atoms with Crippen LogP contribution in [0.2, 0.25) is 0 Å². The zero-order chi connectivity index (χ0) is 15.6. The largest absolute Gasteiger partial charge is 0.438 e. The molecule has 4 nitrogen and oxygen atoms in total. The van der Waals surface area contributed by atoms with Crippen molar-refractivity contribution in [2.75, 3.05) is 5.73 Å². The monoisotopic (exact) mass is 285 g/mol. The van der Waals surface area contributed by atoms with Crippen molar-refractivity contribution in [3.63, 3.8) is 0 Å². The number of nitrogen functional groups attached to an aromatic ring is 1. The predicted octanol–water partition coefficient (Wildman–Crippen LogP) is 4.02. The summed E-state index contributed by atoms with van der Waals surface area (Å²) < 4.78 is 6.06. The number of nitrogens with zero attached hydrogens (tertiary/aromatic N) is 2. The lowest BCUT2D eigenvalue weighted by atomic mass is 9.85. The Morgan fingerprint density at radius 1 is 1.19 bits per heavy atom. The molecular formula is C17H23N3O. The van der Waals surface area contributed by atoms with Crippen molar-refractivity contribution in [1.82, 2.24) is 9.97 Å². The lowest BCUT2D eigenvalue weighted by molar-refractivity contribution is 0.434. The Morgan fingerprint density at radius 3 is 2.52 bits per heavy atom. The summed E-state index contributed by atoms with van der Waals surface area (Å²) in [4.78, 5) is 8.26. The minimum Gasteiger partial charge on any atom is -0.438 e. The smallest absolute Gasteiger partial charge is 0.227 e. The number of hydrogen-bond donors (Lipinski definition) is 1. The summed E-state index contributed by atoms with van der Waals surface area (Å²) in [5.41, 5.74) is 9.11. The van der Waals surface area contributed by atoms with Crippen LogP contribution in [0, 0.1) is 6.92 Å². The maximum Gasteiger partial charge on any atom is 0.227 e. The van der Waals surface area contributed by atoms with Crippen LogP contribution in [-0.2, 0) is 11.8 Å². The molecule has 2 N–H and O–H groups in total. The van der Waals surface area contributed by atoms with Gasteiger partial charge < -0.3 is 10.5 Å². The summed E-state index contributed by atoms with van der Waals surface area (Å²) >= 11 is 0. The van der Waals surface area contributed by atoms with Crippen molar-refractivity contribution in [2.24, 2.45) is 0 Å². The first-order chi connectivity index (χ1) is 9.82. The first-order valence-corrected chi connectivity index (χ1v) is 7.21. The molecule has 0 saturated heterocycles. The van der Waals surface area contributed by atoms with Gasteiger partial charge in [-0.2, -0.15) is 0 Å². The number of ether oxygens (including phenoxy) is 1. The van der Waals surface area contributed by atoms with Gasteiger partial charge >= 0.3 is 0 Å². The van der Waals surface area contributed by atoms with Crippen molar-refractivity contribution in [2.45, 2.75) is 46.5 Å². The minimum absolute atomic E-state index is 0.00763. The number of benzene rings is 1. The maximum atomic E-state index is 6.06. The fourth-order valence-electron chi connectivity index (χ4n) is 2.25. The zero-order valence-corrected chi connectivity index (χ0v) is 13.4. The van der Waals surface area contributed by atoms with E-state index in [2.05, 4.69) is 43.7 Å². The lowest BCUT2D eigenvalue weighted by Gasteiger charge is -2.23. The molecule has 0 bridgehead atoms. The summed E-state index contributed by atoms with van der Waals surface area (Å²) in [6, 6.07) is 6.19. The third-order valence-electron chi connectivity index (χ3n) is 3.44. The molecule has 0 aliphatic heterocycles. The Bertz CT molecular complexity index is 645. The second kappa shape index (κ2) is 5.72. The van der Waals surface area contributed by atoms with Gasteiger partial charge in [-0.1, -0.05) is 45.4 Å². The topological polar surface area (TPSA) is 61.0 Å². The number of rotatable bonds is 3. The van der Waals surface area contributed by atoms with Crippen LogP contribution in [-0.4, -0.2) is 9.97 Å². The number of aromatic nitrogens is 2. The van der Waals surface area contributed by atoms with Gasteiger partial charge in [0.1, 0.15) is 17.9 Å². The van der Waals surface area contributed by atoms with Crippen LogP contribution in [0.4, 0.5) is 5.82 Å². The summed E-state index contributed by atoms with van der Waals surface area (Å²) in [6.45, 7) is 10.6. The molecule has 0 radical (unpaired) electrons. The van der Waals surface area contributed by atoms with Crippen LogP contribution in [0.1, 0.15) is 44.4 Å². The Morgan fingerprint density at radius 2 is 1.90 bits per heavy atom.